The smallest absolute Gasteiger partial charge is 0.240 e. The van der Waals surface area contributed by atoms with E-state index >= 15 is 0 Å². The number of hydrogen-bond donors (Lipinski definition) is 2. The molecule has 3 rings (SSSR count). The molecule has 2 atom stereocenters. The van der Waals surface area contributed by atoms with Crippen molar-refractivity contribution < 1.29 is 13.2 Å². The molecule has 1 amide bonds. The minimum Gasteiger partial charge on any atom is -0.316 e. The molecule has 2 heterocycles. The van der Waals surface area contributed by atoms with Crippen molar-refractivity contribution >= 4 is 34.0 Å². The van der Waals surface area contributed by atoms with Gasteiger partial charge in [-0.25, -0.2) is 13.1 Å². The largest absolute Gasteiger partial charge is 0.316 e. The highest BCUT2D eigenvalue weighted by molar-refractivity contribution is 7.89. The molecule has 2 aliphatic rings. The molecule has 0 bridgehead atoms. The average molecular weight is 374 g/mol. The lowest BCUT2D eigenvalue weighted by Gasteiger charge is -2.30. The first-order chi connectivity index (χ1) is 10.9. The van der Waals surface area contributed by atoms with Gasteiger partial charge in [-0.2, -0.15) is 0 Å². The summed E-state index contributed by atoms with van der Waals surface area (Å²) in [5, 5.41) is 3.27. The predicted molar refractivity (Wildman–Crippen MR) is 96.2 cm³/mol. The van der Waals surface area contributed by atoms with Gasteiger partial charge in [0.15, 0.2) is 0 Å². The van der Waals surface area contributed by atoms with Gasteiger partial charge < -0.3 is 10.2 Å². The van der Waals surface area contributed by atoms with Crippen molar-refractivity contribution in [3.05, 3.63) is 23.8 Å². The molecule has 0 aromatic heterocycles. The normalized spacial score (nSPS) is 23.5. The Labute approximate surface area is 149 Å². The van der Waals surface area contributed by atoms with Crippen LogP contribution in [0.4, 0.5) is 5.69 Å². The van der Waals surface area contributed by atoms with Crippen LogP contribution in [0.5, 0.6) is 0 Å². The van der Waals surface area contributed by atoms with Crippen LogP contribution in [0, 0.1) is 5.92 Å². The number of halogens is 1. The molecule has 1 aromatic rings. The first kappa shape index (κ1) is 19.2. The maximum Gasteiger partial charge on any atom is 0.240 e. The molecule has 1 fully saturated rings. The summed E-state index contributed by atoms with van der Waals surface area (Å²) in [5.41, 5.74) is 1.74. The zero-order valence-electron chi connectivity index (χ0n) is 13.9. The number of benzene rings is 1. The molecule has 2 aliphatic heterocycles. The van der Waals surface area contributed by atoms with Crippen molar-refractivity contribution in [3.8, 4) is 0 Å². The van der Waals surface area contributed by atoms with Gasteiger partial charge in [0, 0.05) is 25.2 Å². The van der Waals surface area contributed by atoms with Crippen molar-refractivity contribution in [2.24, 2.45) is 5.92 Å². The number of anilines is 1. The Morgan fingerprint density at radius 3 is 2.79 bits per heavy atom. The number of carbonyl (C=O) groups is 1. The summed E-state index contributed by atoms with van der Waals surface area (Å²) >= 11 is 0. The van der Waals surface area contributed by atoms with Gasteiger partial charge in [-0.1, -0.05) is 6.92 Å². The van der Waals surface area contributed by atoms with Crippen molar-refractivity contribution in [2.75, 3.05) is 24.5 Å². The van der Waals surface area contributed by atoms with Crippen molar-refractivity contribution in [1.82, 2.24) is 10.0 Å². The maximum absolute atomic E-state index is 12.6. The van der Waals surface area contributed by atoms with Crippen LogP contribution in [0.3, 0.4) is 0 Å². The Balaban J connectivity index is 0.00000208. The Kier molecular flexibility index (Phi) is 5.91. The van der Waals surface area contributed by atoms with Gasteiger partial charge in [0.25, 0.3) is 0 Å². The van der Waals surface area contributed by atoms with Gasteiger partial charge >= 0.3 is 0 Å². The van der Waals surface area contributed by atoms with E-state index in [1.807, 2.05) is 6.92 Å². The fourth-order valence-electron chi connectivity index (χ4n) is 3.33. The Bertz CT molecular complexity index is 723. The summed E-state index contributed by atoms with van der Waals surface area (Å²) < 4.78 is 28.1. The number of nitrogens with one attached hydrogen (secondary N) is 2. The lowest BCUT2D eigenvalue weighted by molar-refractivity contribution is -0.116. The van der Waals surface area contributed by atoms with Crippen LogP contribution in [0.2, 0.25) is 0 Å². The fraction of sp³-hybridized carbons (Fsp3) is 0.562. The molecule has 2 unspecified atom stereocenters. The Morgan fingerprint density at radius 2 is 2.12 bits per heavy atom. The number of sulfonamides is 1. The molecule has 24 heavy (non-hydrogen) atoms. The van der Waals surface area contributed by atoms with E-state index in [1.54, 1.807) is 23.1 Å². The van der Waals surface area contributed by atoms with Gasteiger partial charge in [0.05, 0.1) is 4.90 Å². The topological polar surface area (TPSA) is 78.5 Å². The zero-order chi connectivity index (χ0) is 16.6. The van der Waals surface area contributed by atoms with E-state index < -0.39 is 10.0 Å². The second kappa shape index (κ2) is 7.39. The molecule has 0 spiro atoms. The molecule has 0 radical (unpaired) electrons. The molecule has 0 saturated carbocycles. The number of amides is 1. The Hall–Kier alpha value is -1.15. The van der Waals surface area contributed by atoms with Gasteiger partial charge in [-0.05, 0) is 55.6 Å². The third-order valence-electron chi connectivity index (χ3n) is 4.73. The molecule has 134 valence electrons. The molecule has 1 aromatic carbocycles. The summed E-state index contributed by atoms with van der Waals surface area (Å²) in [7, 11) is -3.53. The first-order valence-corrected chi connectivity index (χ1v) is 9.51. The highest BCUT2D eigenvalue weighted by atomic mass is 35.5. The highest BCUT2D eigenvalue weighted by Gasteiger charge is 2.28. The summed E-state index contributed by atoms with van der Waals surface area (Å²) in [6, 6.07) is 4.99. The lowest BCUT2D eigenvalue weighted by Crippen LogP contribution is -2.48. The summed E-state index contributed by atoms with van der Waals surface area (Å²) in [6.45, 7) is 5.85. The van der Waals surface area contributed by atoms with Crippen LogP contribution in [-0.2, 0) is 21.2 Å². The second-order valence-corrected chi connectivity index (χ2v) is 8.12. The minimum absolute atomic E-state index is 0. The lowest BCUT2D eigenvalue weighted by atomic mass is 9.97. The maximum atomic E-state index is 12.6. The predicted octanol–water partition coefficient (Wildman–Crippen LogP) is 1.29. The molecular formula is C16H24ClN3O3S. The minimum atomic E-state index is -3.53. The zero-order valence-corrected chi connectivity index (χ0v) is 15.5. The van der Waals surface area contributed by atoms with Gasteiger partial charge in [0.2, 0.25) is 15.9 Å². The molecule has 1 saturated heterocycles. The molecule has 0 aliphatic carbocycles. The van der Waals surface area contributed by atoms with Crippen LogP contribution in [0.25, 0.3) is 0 Å². The quantitative estimate of drug-likeness (QED) is 0.837. The molecule has 8 heteroatoms. The van der Waals surface area contributed by atoms with E-state index in [4.69, 9.17) is 0 Å². The SMILES string of the molecule is CC(=O)N1CCc2cc(S(=O)(=O)NC3CCNCC3C)ccc21.Cl. The van der Waals surface area contributed by atoms with Crippen molar-refractivity contribution in [1.29, 1.82) is 0 Å². The van der Waals surface area contributed by atoms with Gasteiger partial charge in [-0.3, -0.25) is 4.79 Å². The van der Waals surface area contributed by atoms with Crippen LogP contribution in [0.15, 0.2) is 23.1 Å². The monoisotopic (exact) mass is 373 g/mol. The van der Waals surface area contributed by atoms with Crippen molar-refractivity contribution in [3.63, 3.8) is 0 Å². The van der Waals surface area contributed by atoms with E-state index in [1.165, 1.54) is 6.92 Å². The third-order valence-corrected chi connectivity index (χ3v) is 6.22. The fourth-order valence-corrected chi connectivity index (χ4v) is 4.76. The number of piperidine rings is 1. The average Bonchev–Trinajstić information content (AvgIpc) is 2.92. The molecule has 2 N–H and O–H groups in total. The highest BCUT2D eigenvalue weighted by Crippen LogP contribution is 2.30. The standard InChI is InChI=1S/C16H23N3O3S.ClH/c1-11-10-17-7-5-15(11)18-23(21,22)14-3-4-16-13(9-14)6-8-19(16)12(2)20;/h3-4,9,11,15,17-18H,5-8,10H2,1-2H3;1H. The van der Waals surface area contributed by atoms with Gasteiger partial charge in [-0.15, -0.1) is 12.4 Å². The van der Waals surface area contributed by atoms with E-state index in [-0.39, 0.29) is 35.2 Å². The van der Waals surface area contributed by atoms with Crippen LogP contribution >= 0.6 is 12.4 Å². The van der Waals surface area contributed by atoms with Crippen molar-refractivity contribution in [2.45, 2.75) is 37.6 Å². The first-order valence-electron chi connectivity index (χ1n) is 8.02. The number of fused-ring (bicyclic) bond motifs is 1. The van der Waals surface area contributed by atoms with Crippen LogP contribution in [-0.4, -0.2) is 40.0 Å². The van der Waals surface area contributed by atoms with Crippen LogP contribution in [0.1, 0.15) is 25.8 Å². The summed E-state index contributed by atoms with van der Waals surface area (Å²) in [5.74, 6) is 0.252. The number of carbonyl (C=O) groups excluding carboxylic acids is 1. The van der Waals surface area contributed by atoms with E-state index in [0.29, 0.717) is 13.0 Å². The van der Waals surface area contributed by atoms with Gasteiger partial charge in [0.1, 0.15) is 0 Å². The number of hydrogen-bond acceptors (Lipinski definition) is 4. The number of nitrogens with zero attached hydrogens (tertiary/aromatic N) is 1. The summed E-state index contributed by atoms with van der Waals surface area (Å²) in [4.78, 5) is 13.6. The third kappa shape index (κ3) is 3.74. The second-order valence-electron chi connectivity index (χ2n) is 6.41. The van der Waals surface area contributed by atoms with E-state index in [0.717, 1.165) is 30.8 Å². The van der Waals surface area contributed by atoms with E-state index in [9.17, 15) is 13.2 Å². The molecular weight excluding hydrogens is 350 g/mol. The Morgan fingerprint density at radius 1 is 1.38 bits per heavy atom. The summed E-state index contributed by atoms with van der Waals surface area (Å²) in [6.07, 6.45) is 1.49. The van der Waals surface area contributed by atoms with E-state index in [2.05, 4.69) is 10.0 Å². The number of rotatable bonds is 3. The molecule has 6 nitrogen and oxygen atoms in total. The van der Waals surface area contributed by atoms with Crippen LogP contribution < -0.4 is 14.9 Å².